The highest BCUT2D eigenvalue weighted by Gasteiger charge is 2.41. The van der Waals surface area contributed by atoms with Gasteiger partial charge >= 0.3 is 12.0 Å². The monoisotopic (exact) mass is 304 g/mol. The first-order valence-electron chi connectivity index (χ1n) is 7.50. The number of likely N-dealkylation sites (tertiary alicyclic amines) is 1. The van der Waals surface area contributed by atoms with E-state index in [-0.39, 0.29) is 12.1 Å². The van der Waals surface area contributed by atoms with Gasteiger partial charge in [0.15, 0.2) is 0 Å². The van der Waals surface area contributed by atoms with Gasteiger partial charge in [0.2, 0.25) is 0 Å². The molecule has 0 radical (unpaired) electrons. The Morgan fingerprint density at radius 2 is 2.23 bits per heavy atom. The lowest BCUT2D eigenvalue weighted by atomic mass is 10.1. The number of amides is 2. The van der Waals surface area contributed by atoms with Crippen LogP contribution in [0.2, 0.25) is 0 Å². The van der Waals surface area contributed by atoms with E-state index in [0.717, 1.165) is 17.7 Å². The van der Waals surface area contributed by atoms with Crippen molar-refractivity contribution in [1.29, 1.82) is 0 Å². The molecule has 1 aliphatic heterocycles. The fraction of sp³-hybridized carbons (Fsp3) is 0.500. The van der Waals surface area contributed by atoms with Gasteiger partial charge < -0.3 is 20.1 Å². The number of carbonyl (C=O) groups excluding carboxylic acids is 1. The Labute approximate surface area is 129 Å². The highest BCUT2D eigenvalue weighted by Crippen LogP contribution is 2.41. The topological polar surface area (TPSA) is 78.9 Å². The molecule has 118 valence electrons. The summed E-state index contributed by atoms with van der Waals surface area (Å²) in [5.74, 6) is -0.120. The number of aliphatic carboxylic acids is 1. The number of carboxylic acid groups (broad SMARTS) is 1. The Hall–Kier alpha value is -2.24. The molecular formula is C16H20N2O4. The van der Waals surface area contributed by atoms with Gasteiger partial charge in [0, 0.05) is 25.0 Å². The van der Waals surface area contributed by atoms with Crippen molar-refractivity contribution in [2.75, 3.05) is 20.2 Å². The molecule has 6 nitrogen and oxygen atoms in total. The molecule has 1 unspecified atom stereocenters. The van der Waals surface area contributed by atoms with E-state index in [0.29, 0.717) is 25.4 Å². The van der Waals surface area contributed by atoms with Crippen LogP contribution in [-0.4, -0.2) is 48.2 Å². The van der Waals surface area contributed by atoms with Crippen LogP contribution in [0, 0.1) is 5.92 Å². The van der Waals surface area contributed by atoms with Gasteiger partial charge in [-0.05, 0) is 30.5 Å². The molecule has 1 heterocycles. The molecule has 2 N–H and O–H groups in total. The van der Waals surface area contributed by atoms with Crippen LogP contribution >= 0.6 is 0 Å². The number of rotatable bonds is 4. The zero-order chi connectivity index (χ0) is 15.7. The normalized spacial score (nSPS) is 26.6. The van der Waals surface area contributed by atoms with Crippen molar-refractivity contribution in [3.63, 3.8) is 0 Å². The van der Waals surface area contributed by atoms with Gasteiger partial charge in [-0.2, -0.15) is 0 Å². The summed E-state index contributed by atoms with van der Waals surface area (Å²) in [4.78, 5) is 24.7. The van der Waals surface area contributed by atoms with Crippen molar-refractivity contribution in [3.8, 4) is 5.75 Å². The Bertz CT molecular complexity index is 589. The smallest absolute Gasteiger partial charge is 0.317 e. The summed E-state index contributed by atoms with van der Waals surface area (Å²) in [5, 5.41) is 12.0. The highest BCUT2D eigenvalue weighted by molar-refractivity contribution is 5.78. The number of urea groups is 1. The number of carbonyl (C=O) groups is 2. The van der Waals surface area contributed by atoms with Crippen LogP contribution in [0.4, 0.5) is 4.79 Å². The van der Waals surface area contributed by atoms with Crippen molar-refractivity contribution in [3.05, 3.63) is 29.8 Å². The first-order chi connectivity index (χ1) is 10.6. The van der Waals surface area contributed by atoms with Crippen molar-refractivity contribution >= 4 is 12.0 Å². The van der Waals surface area contributed by atoms with E-state index in [4.69, 9.17) is 9.84 Å². The van der Waals surface area contributed by atoms with Crippen LogP contribution in [0.3, 0.4) is 0 Å². The van der Waals surface area contributed by atoms with E-state index in [1.807, 2.05) is 24.3 Å². The summed E-state index contributed by atoms with van der Waals surface area (Å²) in [6, 6.07) is 7.85. The fourth-order valence-electron chi connectivity index (χ4n) is 2.99. The molecule has 6 heteroatoms. The first kappa shape index (κ1) is 14.7. The minimum Gasteiger partial charge on any atom is -0.497 e. The lowest BCUT2D eigenvalue weighted by Crippen LogP contribution is -2.40. The first-order valence-corrected chi connectivity index (χ1v) is 7.50. The number of nitrogens with one attached hydrogen (secondary N) is 1. The van der Waals surface area contributed by atoms with Gasteiger partial charge in [-0.25, -0.2) is 4.79 Å². The van der Waals surface area contributed by atoms with E-state index in [1.165, 1.54) is 0 Å². The summed E-state index contributed by atoms with van der Waals surface area (Å²) in [6.07, 6.45) is 1.45. The number of benzene rings is 1. The number of carboxylic acids is 1. The summed E-state index contributed by atoms with van der Waals surface area (Å²) in [5.41, 5.74) is 1.16. The van der Waals surface area contributed by atoms with Crippen molar-refractivity contribution < 1.29 is 19.4 Å². The Morgan fingerprint density at radius 1 is 1.41 bits per heavy atom. The maximum atomic E-state index is 12.2. The van der Waals surface area contributed by atoms with Crippen molar-refractivity contribution in [2.24, 2.45) is 5.92 Å². The molecule has 2 amide bonds. The number of ether oxygens (including phenoxy) is 1. The molecule has 2 aliphatic rings. The molecule has 1 saturated carbocycles. The molecule has 22 heavy (non-hydrogen) atoms. The van der Waals surface area contributed by atoms with E-state index in [2.05, 4.69) is 5.32 Å². The van der Waals surface area contributed by atoms with Crippen LogP contribution in [0.15, 0.2) is 24.3 Å². The highest BCUT2D eigenvalue weighted by atomic mass is 16.5. The molecule has 1 saturated heterocycles. The van der Waals surface area contributed by atoms with Crippen LogP contribution < -0.4 is 10.1 Å². The molecule has 1 aromatic rings. The van der Waals surface area contributed by atoms with E-state index < -0.39 is 11.9 Å². The summed E-state index contributed by atoms with van der Waals surface area (Å²) in [6.45, 7) is 0.817. The van der Waals surface area contributed by atoms with E-state index in [9.17, 15) is 9.59 Å². The van der Waals surface area contributed by atoms with Crippen molar-refractivity contribution in [1.82, 2.24) is 10.2 Å². The fourth-order valence-corrected chi connectivity index (χ4v) is 2.99. The van der Waals surface area contributed by atoms with Gasteiger partial charge in [-0.15, -0.1) is 0 Å². The molecule has 3 atom stereocenters. The van der Waals surface area contributed by atoms with Crippen LogP contribution in [0.1, 0.15) is 24.3 Å². The molecule has 2 fully saturated rings. The summed E-state index contributed by atoms with van der Waals surface area (Å²) < 4.78 is 5.21. The molecule has 0 spiro atoms. The zero-order valence-corrected chi connectivity index (χ0v) is 12.5. The van der Waals surface area contributed by atoms with Gasteiger partial charge in [0.25, 0.3) is 0 Å². The van der Waals surface area contributed by atoms with Gasteiger partial charge in [0.05, 0.1) is 13.0 Å². The minimum atomic E-state index is -0.823. The Kier molecular flexibility index (Phi) is 3.92. The number of hydrogen-bond donors (Lipinski definition) is 2. The molecular weight excluding hydrogens is 284 g/mol. The molecule has 3 rings (SSSR count). The second-order valence-corrected chi connectivity index (χ2v) is 5.94. The van der Waals surface area contributed by atoms with E-state index in [1.54, 1.807) is 12.0 Å². The van der Waals surface area contributed by atoms with Crippen LogP contribution in [-0.2, 0) is 4.79 Å². The molecule has 0 aromatic heterocycles. The second kappa shape index (κ2) is 5.87. The predicted molar refractivity (Wildman–Crippen MR) is 80.0 cm³/mol. The lowest BCUT2D eigenvalue weighted by molar-refractivity contribution is -0.141. The van der Waals surface area contributed by atoms with Crippen LogP contribution in [0.5, 0.6) is 5.75 Å². The third kappa shape index (κ3) is 3.00. The third-order valence-corrected chi connectivity index (χ3v) is 4.45. The lowest BCUT2D eigenvalue weighted by Gasteiger charge is -2.16. The van der Waals surface area contributed by atoms with Crippen molar-refractivity contribution in [2.45, 2.75) is 24.8 Å². The van der Waals surface area contributed by atoms with Gasteiger partial charge in [-0.1, -0.05) is 12.1 Å². The van der Waals surface area contributed by atoms with E-state index >= 15 is 0 Å². The largest absolute Gasteiger partial charge is 0.497 e. The summed E-state index contributed by atoms with van der Waals surface area (Å²) >= 11 is 0. The molecule has 1 aliphatic carbocycles. The second-order valence-electron chi connectivity index (χ2n) is 5.94. The number of methoxy groups -OCH3 is 1. The number of nitrogens with zero attached hydrogens (tertiary/aromatic N) is 1. The third-order valence-electron chi connectivity index (χ3n) is 4.45. The Balaban J connectivity index is 1.53. The average Bonchev–Trinajstić information content (AvgIpc) is 3.09. The minimum absolute atomic E-state index is 0.128. The zero-order valence-electron chi connectivity index (χ0n) is 12.5. The Morgan fingerprint density at radius 3 is 2.91 bits per heavy atom. The van der Waals surface area contributed by atoms with Gasteiger partial charge in [-0.3, -0.25) is 4.79 Å². The number of hydrogen-bond acceptors (Lipinski definition) is 3. The average molecular weight is 304 g/mol. The quantitative estimate of drug-likeness (QED) is 0.887. The van der Waals surface area contributed by atoms with Gasteiger partial charge in [0.1, 0.15) is 5.75 Å². The molecule has 1 aromatic carbocycles. The maximum absolute atomic E-state index is 12.2. The summed E-state index contributed by atoms with van der Waals surface area (Å²) in [7, 11) is 1.64. The van der Waals surface area contributed by atoms with Crippen LogP contribution in [0.25, 0.3) is 0 Å². The maximum Gasteiger partial charge on any atom is 0.317 e. The predicted octanol–water partition coefficient (Wildman–Crippen LogP) is 1.67. The molecule has 0 bridgehead atoms. The SMILES string of the molecule is COc1cccc([C@@H]2C[C@H]2NC(=O)N2CCC(C(=O)O)C2)c1. The standard InChI is InChI=1S/C16H20N2O4/c1-22-12-4-2-3-10(7-12)13-8-14(13)17-16(21)18-6-5-11(9-18)15(19)20/h2-4,7,11,13-14H,5-6,8-9H2,1H3,(H,17,21)(H,19,20)/t11?,13-,14+/m0/s1.